The standard InChI is InChI=1S/C19H26N2OS/c1-15-13-21(8-9-22-15)14-18-6-3-5-17(11-18)12-20-16(2)19-7-4-10-23-19/h3-7,10-11,15-16,20H,8-9,12-14H2,1-2H3/t15-,16-/m0/s1. The predicted octanol–water partition coefficient (Wildman–Crippen LogP) is 3.82. The summed E-state index contributed by atoms with van der Waals surface area (Å²) in [4.78, 5) is 3.87. The number of nitrogens with zero attached hydrogens (tertiary/aromatic N) is 1. The number of ether oxygens (including phenoxy) is 1. The molecule has 1 saturated heterocycles. The van der Waals surface area contributed by atoms with E-state index >= 15 is 0 Å². The van der Waals surface area contributed by atoms with Gasteiger partial charge in [-0.25, -0.2) is 0 Å². The molecule has 0 amide bonds. The van der Waals surface area contributed by atoms with E-state index in [0.717, 1.165) is 32.8 Å². The molecule has 0 bridgehead atoms. The van der Waals surface area contributed by atoms with Gasteiger partial charge in [-0.2, -0.15) is 0 Å². The van der Waals surface area contributed by atoms with Gasteiger partial charge in [0, 0.05) is 37.1 Å². The molecule has 0 aliphatic carbocycles. The SMILES string of the molecule is C[C@H](NCc1cccc(CN2CCO[C@@H](C)C2)c1)c1cccs1. The van der Waals surface area contributed by atoms with Gasteiger partial charge in [0.25, 0.3) is 0 Å². The smallest absolute Gasteiger partial charge is 0.0674 e. The Balaban J connectivity index is 1.54. The van der Waals surface area contributed by atoms with Crippen molar-refractivity contribution >= 4 is 11.3 Å². The third kappa shape index (κ3) is 4.88. The van der Waals surface area contributed by atoms with E-state index in [0.29, 0.717) is 12.1 Å². The highest BCUT2D eigenvalue weighted by molar-refractivity contribution is 7.10. The summed E-state index contributed by atoms with van der Waals surface area (Å²) in [5.41, 5.74) is 2.74. The first kappa shape index (κ1) is 16.7. The van der Waals surface area contributed by atoms with E-state index in [9.17, 15) is 0 Å². The summed E-state index contributed by atoms with van der Waals surface area (Å²) in [5.74, 6) is 0. The molecule has 2 atom stereocenters. The lowest BCUT2D eigenvalue weighted by atomic mass is 10.1. The zero-order valence-electron chi connectivity index (χ0n) is 14.0. The molecular formula is C19H26N2OS. The number of thiophene rings is 1. The van der Waals surface area contributed by atoms with Gasteiger partial charge < -0.3 is 10.1 Å². The fourth-order valence-corrected chi connectivity index (χ4v) is 3.80. The number of morpholine rings is 1. The van der Waals surface area contributed by atoms with Crippen LogP contribution in [0.1, 0.15) is 35.9 Å². The summed E-state index contributed by atoms with van der Waals surface area (Å²) >= 11 is 1.81. The normalized spacial score (nSPS) is 20.5. The molecule has 0 radical (unpaired) electrons. The van der Waals surface area contributed by atoms with Gasteiger partial charge in [-0.3, -0.25) is 4.90 Å². The average molecular weight is 330 g/mol. The molecule has 1 aromatic heterocycles. The van der Waals surface area contributed by atoms with Gasteiger partial charge in [-0.05, 0) is 36.4 Å². The molecule has 0 spiro atoms. The highest BCUT2D eigenvalue weighted by Crippen LogP contribution is 2.19. The molecule has 4 heteroatoms. The van der Waals surface area contributed by atoms with E-state index in [4.69, 9.17) is 4.74 Å². The summed E-state index contributed by atoms with van der Waals surface area (Å²) < 4.78 is 5.62. The zero-order chi connectivity index (χ0) is 16.1. The number of rotatable bonds is 6. The topological polar surface area (TPSA) is 24.5 Å². The monoisotopic (exact) mass is 330 g/mol. The van der Waals surface area contributed by atoms with Gasteiger partial charge in [0.15, 0.2) is 0 Å². The van der Waals surface area contributed by atoms with Crippen molar-refractivity contribution in [2.45, 2.75) is 39.1 Å². The van der Waals surface area contributed by atoms with Gasteiger partial charge in [-0.1, -0.05) is 30.3 Å². The molecule has 3 nitrogen and oxygen atoms in total. The number of hydrogen-bond acceptors (Lipinski definition) is 4. The van der Waals surface area contributed by atoms with Gasteiger partial charge in [0.2, 0.25) is 0 Å². The lowest BCUT2D eigenvalue weighted by molar-refractivity contribution is -0.0212. The van der Waals surface area contributed by atoms with Crippen molar-refractivity contribution in [1.29, 1.82) is 0 Å². The van der Waals surface area contributed by atoms with Crippen LogP contribution in [0.5, 0.6) is 0 Å². The molecule has 2 heterocycles. The minimum atomic E-state index is 0.347. The summed E-state index contributed by atoms with van der Waals surface area (Å²) in [6, 6.07) is 13.6. The molecule has 1 aliphatic heterocycles. The third-order valence-corrected chi connectivity index (χ3v) is 5.36. The molecular weight excluding hydrogens is 304 g/mol. The Labute approximate surface area is 143 Å². The maximum absolute atomic E-state index is 5.62. The first-order chi connectivity index (χ1) is 11.2. The van der Waals surface area contributed by atoms with Crippen molar-refractivity contribution in [2.75, 3.05) is 19.7 Å². The van der Waals surface area contributed by atoms with Crippen molar-refractivity contribution in [3.63, 3.8) is 0 Å². The van der Waals surface area contributed by atoms with E-state index in [1.165, 1.54) is 16.0 Å². The van der Waals surface area contributed by atoms with Crippen LogP contribution in [-0.4, -0.2) is 30.7 Å². The highest BCUT2D eigenvalue weighted by atomic mass is 32.1. The minimum absolute atomic E-state index is 0.347. The summed E-state index contributed by atoms with van der Waals surface area (Å²) in [5, 5.41) is 5.75. The first-order valence-corrected chi connectivity index (χ1v) is 9.27. The Hall–Kier alpha value is -1.20. The minimum Gasteiger partial charge on any atom is -0.376 e. The van der Waals surface area contributed by atoms with E-state index in [-0.39, 0.29) is 0 Å². The van der Waals surface area contributed by atoms with E-state index < -0.39 is 0 Å². The molecule has 124 valence electrons. The second-order valence-corrected chi connectivity index (χ2v) is 7.33. The van der Waals surface area contributed by atoms with Gasteiger partial charge >= 0.3 is 0 Å². The quantitative estimate of drug-likeness (QED) is 0.871. The molecule has 1 aromatic carbocycles. The van der Waals surface area contributed by atoms with Crippen LogP contribution in [0.15, 0.2) is 41.8 Å². The van der Waals surface area contributed by atoms with E-state index in [2.05, 4.69) is 65.8 Å². The highest BCUT2D eigenvalue weighted by Gasteiger charge is 2.16. The molecule has 2 aromatic rings. The fourth-order valence-electron chi connectivity index (χ4n) is 3.04. The van der Waals surface area contributed by atoms with Crippen LogP contribution in [-0.2, 0) is 17.8 Å². The second-order valence-electron chi connectivity index (χ2n) is 6.35. The summed E-state index contributed by atoms with van der Waals surface area (Å²) in [7, 11) is 0. The van der Waals surface area contributed by atoms with Crippen molar-refractivity contribution < 1.29 is 4.74 Å². The molecule has 1 fully saturated rings. The van der Waals surface area contributed by atoms with Crippen LogP contribution in [0.25, 0.3) is 0 Å². The van der Waals surface area contributed by atoms with Gasteiger partial charge in [-0.15, -0.1) is 11.3 Å². The van der Waals surface area contributed by atoms with E-state index in [1.807, 2.05) is 11.3 Å². The van der Waals surface area contributed by atoms with Crippen LogP contribution in [0, 0.1) is 0 Å². The number of benzene rings is 1. The molecule has 3 rings (SSSR count). The molecule has 23 heavy (non-hydrogen) atoms. The Bertz CT molecular complexity index is 599. The largest absolute Gasteiger partial charge is 0.376 e. The van der Waals surface area contributed by atoms with E-state index in [1.54, 1.807) is 0 Å². The van der Waals surface area contributed by atoms with Crippen molar-refractivity contribution in [3.05, 3.63) is 57.8 Å². The lowest BCUT2D eigenvalue weighted by Crippen LogP contribution is -2.40. The lowest BCUT2D eigenvalue weighted by Gasteiger charge is -2.31. The summed E-state index contributed by atoms with van der Waals surface area (Å²) in [6.45, 7) is 9.21. The zero-order valence-corrected chi connectivity index (χ0v) is 14.8. The van der Waals surface area contributed by atoms with Crippen LogP contribution in [0.4, 0.5) is 0 Å². The third-order valence-electron chi connectivity index (χ3n) is 4.31. The first-order valence-electron chi connectivity index (χ1n) is 8.39. The Kier molecular flexibility index (Phi) is 5.84. The number of hydrogen-bond donors (Lipinski definition) is 1. The fraction of sp³-hybridized carbons (Fsp3) is 0.474. The van der Waals surface area contributed by atoms with Crippen LogP contribution >= 0.6 is 11.3 Å². The Morgan fingerprint density at radius 3 is 2.96 bits per heavy atom. The van der Waals surface area contributed by atoms with Crippen LogP contribution in [0.3, 0.4) is 0 Å². The molecule has 1 aliphatic rings. The Morgan fingerprint density at radius 1 is 1.30 bits per heavy atom. The maximum Gasteiger partial charge on any atom is 0.0674 e. The number of nitrogens with one attached hydrogen (secondary N) is 1. The van der Waals surface area contributed by atoms with Crippen molar-refractivity contribution in [3.8, 4) is 0 Å². The maximum atomic E-state index is 5.62. The van der Waals surface area contributed by atoms with Crippen molar-refractivity contribution in [2.24, 2.45) is 0 Å². The Morgan fingerprint density at radius 2 is 2.17 bits per heavy atom. The molecule has 1 N–H and O–H groups in total. The van der Waals surface area contributed by atoms with Crippen molar-refractivity contribution in [1.82, 2.24) is 10.2 Å². The van der Waals surface area contributed by atoms with Gasteiger partial charge in [0.1, 0.15) is 0 Å². The molecule has 0 unspecified atom stereocenters. The average Bonchev–Trinajstić information content (AvgIpc) is 3.07. The van der Waals surface area contributed by atoms with Gasteiger partial charge in [0.05, 0.1) is 12.7 Å². The van der Waals surface area contributed by atoms with Crippen LogP contribution < -0.4 is 5.32 Å². The predicted molar refractivity (Wildman–Crippen MR) is 96.7 cm³/mol. The summed E-state index contributed by atoms with van der Waals surface area (Å²) in [6.07, 6.45) is 0.347. The molecule has 0 saturated carbocycles. The second kappa shape index (κ2) is 8.06. The van der Waals surface area contributed by atoms with Crippen LogP contribution in [0.2, 0.25) is 0 Å².